The molecule has 0 radical (unpaired) electrons. The maximum absolute atomic E-state index is 12.4. The Labute approximate surface area is 132 Å². The topological polar surface area (TPSA) is 59.8 Å². The molecule has 6 heteroatoms. The van der Waals surface area contributed by atoms with Gasteiger partial charge in [-0.2, -0.15) is 5.10 Å². The molecule has 0 aliphatic carbocycles. The van der Waals surface area contributed by atoms with Crippen molar-refractivity contribution in [2.75, 3.05) is 5.32 Å². The van der Waals surface area contributed by atoms with Crippen LogP contribution < -0.4 is 5.32 Å². The van der Waals surface area contributed by atoms with E-state index < -0.39 is 0 Å². The van der Waals surface area contributed by atoms with Gasteiger partial charge in [-0.1, -0.05) is 29.8 Å². The Morgan fingerprint density at radius 2 is 1.95 bits per heavy atom. The van der Waals surface area contributed by atoms with Crippen molar-refractivity contribution in [2.45, 2.75) is 6.92 Å². The van der Waals surface area contributed by atoms with Crippen LogP contribution in [0.25, 0.3) is 5.69 Å². The van der Waals surface area contributed by atoms with Gasteiger partial charge in [0.05, 0.1) is 17.5 Å². The highest BCUT2D eigenvalue weighted by atomic mass is 35.5. The van der Waals surface area contributed by atoms with E-state index in [2.05, 4.69) is 15.4 Å². The van der Waals surface area contributed by atoms with Crippen molar-refractivity contribution in [1.29, 1.82) is 0 Å². The molecule has 0 unspecified atom stereocenters. The van der Waals surface area contributed by atoms with Crippen molar-refractivity contribution in [3.8, 4) is 5.69 Å². The number of rotatable bonds is 3. The number of para-hydroxylation sites is 1. The van der Waals surface area contributed by atoms with E-state index in [4.69, 9.17) is 11.6 Å². The summed E-state index contributed by atoms with van der Waals surface area (Å²) < 4.78 is 1.61. The fourth-order valence-corrected chi connectivity index (χ4v) is 2.33. The van der Waals surface area contributed by atoms with E-state index in [0.717, 1.165) is 5.69 Å². The molecule has 22 heavy (non-hydrogen) atoms. The number of nitrogens with one attached hydrogen (secondary N) is 1. The highest BCUT2D eigenvalue weighted by molar-refractivity contribution is 6.31. The number of pyridine rings is 1. The van der Waals surface area contributed by atoms with E-state index in [9.17, 15) is 4.79 Å². The largest absolute Gasteiger partial charge is 0.322 e. The Kier molecular flexibility index (Phi) is 3.89. The van der Waals surface area contributed by atoms with Crippen molar-refractivity contribution >= 4 is 23.2 Å². The molecule has 0 saturated carbocycles. The molecular weight excluding hydrogens is 300 g/mol. The van der Waals surface area contributed by atoms with Crippen molar-refractivity contribution < 1.29 is 4.79 Å². The molecule has 1 aromatic carbocycles. The summed E-state index contributed by atoms with van der Waals surface area (Å²) in [5, 5.41) is 7.42. The molecule has 1 amide bonds. The first kappa shape index (κ1) is 14.3. The number of hydrogen-bond donors (Lipinski definition) is 1. The van der Waals surface area contributed by atoms with Crippen LogP contribution in [0.3, 0.4) is 0 Å². The van der Waals surface area contributed by atoms with E-state index in [-0.39, 0.29) is 5.91 Å². The maximum Gasteiger partial charge on any atom is 0.259 e. The number of nitrogens with zero attached hydrogens (tertiary/aromatic N) is 3. The fourth-order valence-electron chi connectivity index (χ4n) is 2.13. The summed E-state index contributed by atoms with van der Waals surface area (Å²) in [6, 6.07) is 12.8. The molecule has 0 aliphatic heterocycles. The van der Waals surface area contributed by atoms with Crippen LogP contribution in [0.2, 0.25) is 5.15 Å². The predicted molar refractivity (Wildman–Crippen MR) is 85.5 cm³/mol. The van der Waals surface area contributed by atoms with Crippen LogP contribution in [0.5, 0.6) is 0 Å². The van der Waals surface area contributed by atoms with Crippen LogP contribution in [-0.4, -0.2) is 20.7 Å². The van der Waals surface area contributed by atoms with E-state index in [1.165, 1.54) is 6.20 Å². The van der Waals surface area contributed by atoms with Crippen LogP contribution in [0.4, 0.5) is 5.69 Å². The van der Waals surface area contributed by atoms with Gasteiger partial charge in [0.2, 0.25) is 0 Å². The number of benzene rings is 1. The number of anilines is 1. The Balaban J connectivity index is 1.91. The lowest BCUT2D eigenvalue weighted by Gasteiger charge is -2.07. The molecule has 0 atom stereocenters. The fraction of sp³-hybridized carbons (Fsp3) is 0.0625. The zero-order valence-electron chi connectivity index (χ0n) is 11.8. The monoisotopic (exact) mass is 312 g/mol. The first-order valence-corrected chi connectivity index (χ1v) is 7.06. The van der Waals surface area contributed by atoms with Crippen LogP contribution in [-0.2, 0) is 0 Å². The summed E-state index contributed by atoms with van der Waals surface area (Å²) in [6.07, 6.45) is 3.13. The Hall–Kier alpha value is -2.66. The van der Waals surface area contributed by atoms with Gasteiger partial charge in [-0.05, 0) is 31.2 Å². The quantitative estimate of drug-likeness (QED) is 0.753. The first-order chi connectivity index (χ1) is 10.7. The van der Waals surface area contributed by atoms with Gasteiger partial charge in [-0.15, -0.1) is 0 Å². The van der Waals surface area contributed by atoms with Gasteiger partial charge in [0.1, 0.15) is 5.69 Å². The second kappa shape index (κ2) is 5.99. The summed E-state index contributed by atoms with van der Waals surface area (Å²) >= 11 is 6.08. The zero-order chi connectivity index (χ0) is 15.5. The lowest BCUT2D eigenvalue weighted by atomic mass is 10.2. The second-order valence-corrected chi connectivity index (χ2v) is 5.05. The Morgan fingerprint density at radius 3 is 2.68 bits per heavy atom. The number of aromatic nitrogens is 3. The third-order valence-corrected chi connectivity index (χ3v) is 3.54. The first-order valence-electron chi connectivity index (χ1n) is 6.69. The van der Waals surface area contributed by atoms with Crippen molar-refractivity contribution in [2.24, 2.45) is 0 Å². The Bertz CT molecular complexity index is 814. The van der Waals surface area contributed by atoms with Crippen molar-refractivity contribution in [3.05, 3.63) is 71.3 Å². The van der Waals surface area contributed by atoms with E-state index >= 15 is 0 Å². The molecule has 3 rings (SSSR count). The highest BCUT2D eigenvalue weighted by Crippen LogP contribution is 2.20. The third kappa shape index (κ3) is 2.71. The number of hydrogen-bond acceptors (Lipinski definition) is 3. The summed E-state index contributed by atoms with van der Waals surface area (Å²) in [7, 11) is 0. The van der Waals surface area contributed by atoms with Gasteiger partial charge >= 0.3 is 0 Å². The van der Waals surface area contributed by atoms with Gasteiger partial charge in [0, 0.05) is 11.9 Å². The van der Waals surface area contributed by atoms with Crippen LogP contribution >= 0.6 is 11.6 Å². The number of halogens is 1. The summed E-state index contributed by atoms with van der Waals surface area (Å²) in [4.78, 5) is 16.4. The SMILES string of the molecule is Cc1c(C(=O)Nc2ccccc2)cnn1-c1cccnc1Cl. The molecule has 0 spiro atoms. The standard InChI is InChI=1S/C16H13ClN4O/c1-11-13(16(22)20-12-6-3-2-4-7-12)10-19-21(11)14-8-5-9-18-15(14)17/h2-10H,1H3,(H,20,22). The highest BCUT2D eigenvalue weighted by Gasteiger charge is 2.16. The molecule has 0 saturated heterocycles. The lowest BCUT2D eigenvalue weighted by molar-refractivity contribution is 0.102. The number of amides is 1. The smallest absolute Gasteiger partial charge is 0.259 e. The third-order valence-electron chi connectivity index (χ3n) is 3.25. The molecule has 0 aliphatic rings. The minimum Gasteiger partial charge on any atom is -0.322 e. The minimum absolute atomic E-state index is 0.213. The average molecular weight is 313 g/mol. The van der Waals surface area contributed by atoms with Gasteiger partial charge in [0.25, 0.3) is 5.91 Å². The second-order valence-electron chi connectivity index (χ2n) is 4.69. The zero-order valence-corrected chi connectivity index (χ0v) is 12.6. The Morgan fingerprint density at radius 1 is 1.18 bits per heavy atom. The van der Waals surface area contributed by atoms with Crippen LogP contribution in [0.15, 0.2) is 54.9 Å². The predicted octanol–water partition coefficient (Wildman–Crippen LogP) is 3.48. The van der Waals surface area contributed by atoms with E-state index in [1.807, 2.05) is 37.3 Å². The van der Waals surface area contributed by atoms with Crippen LogP contribution in [0, 0.1) is 6.92 Å². The lowest BCUT2D eigenvalue weighted by Crippen LogP contribution is -2.13. The summed E-state index contributed by atoms with van der Waals surface area (Å²) in [5.41, 5.74) is 2.56. The number of carbonyl (C=O) groups excluding carboxylic acids is 1. The molecule has 2 heterocycles. The molecule has 110 valence electrons. The molecular formula is C16H13ClN4O. The minimum atomic E-state index is -0.213. The summed E-state index contributed by atoms with van der Waals surface area (Å²) in [5.74, 6) is -0.213. The van der Waals surface area contributed by atoms with Gasteiger partial charge in [0.15, 0.2) is 5.15 Å². The maximum atomic E-state index is 12.4. The van der Waals surface area contributed by atoms with Crippen LogP contribution in [0.1, 0.15) is 16.1 Å². The van der Waals surface area contributed by atoms with E-state index in [1.54, 1.807) is 23.0 Å². The van der Waals surface area contributed by atoms with Gasteiger partial charge < -0.3 is 5.32 Å². The normalized spacial score (nSPS) is 10.5. The molecule has 2 aromatic heterocycles. The molecule has 1 N–H and O–H groups in total. The van der Waals surface area contributed by atoms with Gasteiger partial charge in [-0.3, -0.25) is 4.79 Å². The summed E-state index contributed by atoms with van der Waals surface area (Å²) in [6.45, 7) is 1.82. The number of carbonyl (C=O) groups is 1. The van der Waals surface area contributed by atoms with Crippen molar-refractivity contribution in [1.82, 2.24) is 14.8 Å². The molecule has 0 bridgehead atoms. The van der Waals surface area contributed by atoms with E-state index in [0.29, 0.717) is 22.1 Å². The van der Waals surface area contributed by atoms with Gasteiger partial charge in [-0.25, -0.2) is 9.67 Å². The average Bonchev–Trinajstić information content (AvgIpc) is 2.90. The molecule has 5 nitrogen and oxygen atoms in total. The molecule has 0 fully saturated rings. The van der Waals surface area contributed by atoms with Crippen molar-refractivity contribution in [3.63, 3.8) is 0 Å². The molecule has 3 aromatic rings.